The number of benzene rings is 2. The van der Waals surface area contributed by atoms with Crippen molar-refractivity contribution >= 4 is 0 Å². The lowest BCUT2D eigenvalue weighted by Crippen LogP contribution is -2.12. The fourth-order valence-corrected chi connectivity index (χ4v) is 2.15. The number of ether oxygens (including phenoxy) is 1. The summed E-state index contributed by atoms with van der Waals surface area (Å²) in [6, 6.07) is 11.1. The highest BCUT2D eigenvalue weighted by Crippen LogP contribution is 2.22. The standard InChI is InChI=1S/C18H22FNO/c1-4-20-11-15-8-9-17(19)16(10-15)12-21-18-7-5-6-13(2)14(18)3/h5-10,20H,4,11-12H2,1-3H3. The third kappa shape index (κ3) is 4.05. The monoisotopic (exact) mass is 287 g/mol. The summed E-state index contributed by atoms with van der Waals surface area (Å²) < 4.78 is 19.7. The van der Waals surface area contributed by atoms with E-state index in [9.17, 15) is 4.39 Å². The van der Waals surface area contributed by atoms with Gasteiger partial charge in [0.1, 0.15) is 18.2 Å². The molecule has 2 aromatic rings. The van der Waals surface area contributed by atoms with E-state index >= 15 is 0 Å². The Hall–Kier alpha value is -1.87. The number of aryl methyl sites for hydroxylation is 1. The van der Waals surface area contributed by atoms with Gasteiger partial charge in [0.05, 0.1) is 0 Å². The molecule has 21 heavy (non-hydrogen) atoms. The summed E-state index contributed by atoms with van der Waals surface area (Å²) in [6.07, 6.45) is 0. The van der Waals surface area contributed by atoms with E-state index in [1.807, 2.05) is 45.0 Å². The summed E-state index contributed by atoms with van der Waals surface area (Å²) in [4.78, 5) is 0. The van der Waals surface area contributed by atoms with Crippen LogP contribution in [0, 0.1) is 19.7 Å². The van der Waals surface area contributed by atoms with E-state index in [-0.39, 0.29) is 12.4 Å². The van der Waals surface area contributed by atoms with Crippen molar-refractivity contribution < 1.29 is 9.13 Å². The Morgan fingerprint density at radius 2 is 1.95 bits per heavy atom. The highest BCUT2D eigenvalue weighted by atomic mass is 19.1. The minimum Gasteiger partial charge on any atom is -0.489 e. The summed E-state index contributed by atoms with van der Waals surface area (Å²) in [6.45, 7) is 7.99. The number of halogens is 1. The van der Waals surface area contributed by atoms with Crippen LogP contribution in [0.15, 0.2) is 36.4 Å². The van der Waals surface area contributed by atoms with Crippen LogP contribution >= 0.6 is 0 Å². The van der Waals surface area contributed by atoms with Crippen molar-refractivity contribution in [2.24, 2.45) is 0 Å². The Morgan fingerprint density at radius 3 is 2.71 bits per heavy atom. The molecule has 112 valence electrons. The highest BCUT2D eigenvalue weighted by molar-refractivity contribution is 5.38. The van der Waals surface area contributed by atoms with Crippen molar-refractivity contribution in [3.05, 3.63) is 64.5 Å². The largest absolute Gasteiger partial charge is 0.489 e. The molecule has 0 heterocycles. The molecule has 0 saturated heterocycles. The first-order valence-corrected chi connectivity index (χ1v) is 7.29. The lowest BCUT2D eigenvalue weighted by molar-refractivity contribution is 0.297. The third-order valence-corrected chi connectivity index (χ3v) is 3.63. The number of hydrogen-bond donors (Lipinski definition) is 1. The quantitative estimate of drug-likeness (QED) is 0.862. The summed E-state index contributed by atoms with van der Waals surface area (Å²) in [5, 5.41) is 3.24. The molecule has 0 radical (unpaired) electrons. The Morgan fingerprint density at radius 1 is 1.14 bits per heavy atom. The fourth-order valence-electron chi connectivity index (χ4n) is 2.15. The molecule has 2 rings (SSSR count). The van der Waals surface area contributed by atoms with Gasteiger partial charge in [0, 0.05) is 12.1 Å². The predicted octanol–water partition coefficient (Wildman–Crippen LogP) is 4.13. The average Bonchev–Trinajstić information content (AvgIpc) is 2.49. The maximum absolute atomic E-state index is 13.9. The lowest BCUT2D eigenvalue weighted by atomic mass is 10.1. The molecule has 2 aromatic carbocycles. The molecule has 0 aliphatic heterocycles. The van der Waals surface area contributed by atoms with Crippen LogP contribution in [0.2, 0.25) is 0 Å². The van der Waals surface area contributed by atoms with Crippen molar-refractivity contribution in [2.45, 2.75) is 33.9 Å². The van der Waals surface area contributed by atoms with Gasteiger partial charge in [-0.05, 0) is 55.3 Å². The summed E-state index contributed by atoms with van der Waals surface area (Å²) >= 11 is 0. The maximum Gasteiger partial charge on any atom is 0.129 e. The Balaban J connectivity index is 2.10. The van der Waals surface area contributed by atoms with Crippen molar-refractivity contribution in [3.63, 3.8) is 0 Å². The SMILES string of the molecule is CCNCc1ccc(F)c(COc2cccc(C)c2C)c1. The smallest absolute Gasteiger partial charge is 0.129 e. The van der Waals surface area contributed by atoms with E-state index in [0.717, 1.165) is 30.0 Å². The molecule has 0 fully saturated rings. The van der Waals surface area contributed by atoms with Gasteiger partial charge < -0.3 is 10.1 Å². The molecule has 0 saturated carbocycles. The summed E-state index contributed by atoms with van der Waals surface area (Å²) in [5.41, 5.74) is 3.93. The molecule has 3 heteroatoms. The van der Waals surface area contributed by atoms with Gasteiger partial charge in [-0.2, -0.15) is 0 Å². The van der Waals surface area contributed by atoms with E-state index in [1.54, 1.807) is 6.07 Å². The normalized spacial score (nSPS) is 10.7. The molecule has 0 atom stereocenters. The van der Waals surface area contributed by atoms with Crippen LogP contribution in [-0.4, -0.2) is 6.54 Å². The van der Waals surface area contributed by atoms with Gasteiger partial charge in [0.15, 0.2) is 0 Å². The second-order valence-electron chi connectivity index (χ2n) is 5.19. The topological polar surface area (TPSA) is 21.3 Å². The first kappa shape index (κ1) is 15.5. The molecular weight excluding hydrogens is 265 g/mol. The van der Waals surface area contributed by atoms with E-state index < -0.39 is 0 Å². The molecule has 0 amide bonds. The molecule has 0 unspecified atom stereocenters. The Kier molecular flexibility index (Phi) is 5.34. The molecule has 0 aliphatic carbocycles. The van der Waals surface area contributed by atoms with Crippen molar-refractivity contribution in [3.8, 4) is 5.75 Å². The van der Waals surface area contributed by atoms with Crippen molar-refractivity contribution in [2.75, 3.05) is 6.54 Å². The fraction of sp³-hybridized carbons (Fsp3) is 0.333. The molecule has 0 aromatic heterocycles. The van der Waals surface area contributed by atoms with Gasteiger partial charge in [0.25, 0.3) is 0 Å². The van der Waals surface area contributed by atoms with Gasteiger partial charge >= 0.3 is 0 Å². The Labute approximate surface area is 126 Å². The first-order valence-electron chi connectivity index (χ1n) is 7.29. The molecule has 2 nitrogen and oxygen atoms in total. The van der Waals surface area contributed by atoms with Gasteiger partial charge in [-0.3, -0.25) is 0 Å². The van der Waals surface area contributed by atoms with Crippen LogP contribution in [0.5, 0.6) is 5.75 Å². The van der Waals surface area contributed by atoms with E-state index in [0.29, 0.717) is 5.56 Å². The Bertz CT molecular complexity index is 610. The molecule has 0 spiro atoms. The van der Waals surface area contributed by atoms with Crippen LogP contribution < -0.4 is 10.1 Å². The molecule has 1 N–H and O–H groups in total. The van der Waals surface area contributed by atoms with E-state index in [2.05, 4.69) is 5.32 Å². The predicted molar refractivity (Wildman–Crippen MR) is 84.0 cm³/mol. The van der Waals surface area contributed by atoms with Gasteiger partial charge in [-0.1, -0.05) is 25.1 Å². The highest BCUT2D eigenvalue weighted by Gasteiger charge is 2.07. The van der Waals surface area contributed by atoms with Crippen LogP contribution in [0.1, 0.15) is 29.2 Å². The first-order chi connectivity index (χ1) is 10.1. The van der Waals surface area contributed by atoms with Crippen molar-refractivity contribution in [1.82, 2.24) is 5.32 Å². The van der Waals surface area contributed by atoms with Gasteiger partial charge in [0.2, 0.25) is 0 Å². The summed E-state index contributed by atoms with van der Waals surface area (Å²) in [5.74, 6) is 0.590. The number of rotatable bonds is 6. The van der Waals surface area contributed by atoms with Crippen molar-refractivity contribution in [1.29, 1.82) is 0 Å². The molecule has 0 bridgehead atoms. The second-order valence-corrected chi connectivity index (χ2v) is 5.19. The zero-order valence-electron chi connectivity index (χ0n) is 12.9. The van der Waals surface area contributed by atoms with E-state index in [4.69, 9.17) is 4.74 Å². The average molecular weight is 287 g/mol. The van der Waals surface area contributed by atoms with Crippen LogP contribution in [0.25, 0.3) is 0 Å². The van der Waals surface area contributed by atoms with Crippen LogP contribution in [0.4, 0.5) is 4.39 Å². The van der Waals surface area contributed by atoms with Gasteiger partial charge in [-0.15, -0.1) is 0 Å². The van der Waals surface area contributed by atoms with Crippen LogP contribution in [-0.2, 0) is 13.2 Å². The third-order valence-electron chi connectivity index (χ3n) is 3.63. The second kappa shape index (κ2) is 7.23. The van der Waals surface area contributed by atoms with Crippen LogP contribution in [0.3, 0.4) is 0 Å². The zero-order valence-corrected chi connectivity index (χ0v) is 12.9. The minimum atomic E-state index is -0.222. The lowest BCUT2D eigenvalue weighted by Gasteiger charge is -2.12. The minimum absolute atomic E-state index is 0.222. The zero-order chi connectivity index (χ0) is 15.2. The molecule has 0 aliphatic rings. The van der Waals surface area contributed by atoms with E-state index in [1.165, 1.54) is 11.6 Å². The molecular formula is C18H22FNO. The summed E-state index contributed by atoms with van der Waals surface area (Å²) in [7, 11) is 0. The maximum atomic E-state index is 13.9. The number of nitrogens with one attached hydrogen (secondary N) is 1. The van der Waals surface area contributed by atoms with Gasteiger partial charge in [-0.25, -0.2) is 4.39 Å². The number of hydrogen-bond acceptors (Lipinski definition) is 2.